The Kier molecular flexibility index (Phi) is 6.55. The molecule has 4 heteroatoms. The van der Waals surface area contributed by atoms with E-state index in [2.05, 4.69) is 5.32 Å². The Labute approximate surface area is 172 Å². The molecule has 4 nitrogen and oxygen atoms in total. The third kappa shape index (κ3) is 5.38. The van der Waals surface area contributed by atoms with Crippen LogP contribution in [0.3, 0.4) is 0 Å². The molecule has 0 bridgehead atoms. The quantitative estimate of drug-likeness (QED) is 0.552. The van der Waals surface area contributed by atoms with Crippen LogP contribution in [0.1, 0.15) is 39.5 Å². The fourth-order valence-electron chi connectivity index (χ4n) is 2.99. The first-order valence-electron chi connectivity index (χ1n) is 9.80. The molecule has 3 aromatic rings. The second-order valence-electron chi connectivity index (χ2n) is 7.13. The summed E-state index contributed by atoms with van der Waals surface area (Å²) in [4.78, 5) is 12.8. The van der Waals surface area contributed by atoms with Crippen molar-refractivity contribution in [3.63, 3.8) is 0 Å². The Morgan fingerprint density at radius 2 is 1.59 bits per heavy atom. The average molecular weight is 389 g/mol. The van der Waals surface area contributed by atoms with Gasteiger partial charge in [-0.3, -0.25) is 4.79 Å². The van der Waals surface area contributed by atoms with Crippen LogP contribution in [0.15, 0.2) is 60.7 Å². The van der Waals surface area contributed by atoms with Gasteiger partial charge in [0.2, 0.25) is 0 Å². The van der Waals surface area contributed by atoms with E-state index in [0.717, 1.165) is 33.9 Å². The van der Waals surface area contributed by atoms with Gasteiger partial charge in [0, 0.05) is 16.8 Å². The Hall–Kier alpha value is -3.27. The highest BCUT2D eigenvalue weighted by Gasteiger charge is 2.13. The standard InChI is InChI=1S/C25H27NO3/c1-5-28-24-13-10-20(25(27)26-23-14-18(3)6-9-19(23)4)15-21(24)16-29-22-11-7-17(2)8-12-22/h6-15H,5,16H2,1-4H3,(H,26,27). The normalized spacial score (nSPS) is 10.5. The molecule has 29 heavy (non-hydrogen) atoms. The van der Waals surface area contributed by atoms with Gasteiger partial charge in [-0.25, -0.2) is 0 Å². The maximum Gasteiger partial charge on any atom is 0.255 e. The minimum absolute atomic E-state index is 0.154. The van der Waals surface area contributed by atoms with Crippen LogP contribution < -0.4 is 14.8 Å². The zero-order valence-corrected chi connectivity index (χ0v) is 17.4. The maximum atomic E-state index is 12.8. The predicted octanol–water partition coefficient (Wildman–Crippen LogP) is 5.84. The number of rotatable bonds is 7. The Morgan fingerprint density at radius 1 is 0.862 bits per heavy atom. The van der Waals surface area contributed by atoms with Crippen molar-refractivity contribution >= 4 is 11.6 Å². The maximum absolute atomic E-state index is 12.8. The number of hydrogen-bond acceptors (Lipinski definition) is 3. The lowest BCUT2D eigenvalue weighted by molar-refractivity contribution is 0.102. The highest BCUT2D eigenvalue weighted by molar-refractivity contribution is 6.04. The third-order valence-corrected chi connectivity index (χ3v) is 4.68. The second kappa shape index (κ2) is 9.28. The minimum Gasteiger partial charge on any atom is -0.493 e. The number of carbonyl (C=O) groups excluding carboxylic acids is 1. The molecule has 0 saturated carbocycles. The van der Waals surface area contributed by atoms with Gasteiger partial charge in [-0.15, -0.1) is 0 Å². The van der Waals surface area contributed by atoms with E-state index >= 15 is 0 Å². The summed E-state index contributed by atoms with van der Waals surface area (Å²) >= 11 is 0. The molecule has 0 radical (unpaired) electrons. The van der Waals surface area contributed by atoms with Gasteiger partial charge >= 0.3 is 0 Å². The van der Waals surface area contributed by atoms with Crippen molar-refractivity contribution < 1.29 is 14.3 Å². The van der Waals surface area contributed by atoms with Gasteiger partial charge in [-0.2, -0.15) is 0 Å². The monoisotopic (exact) mass is 389 g/mol. The summed E-state index contributed by atoms with van der Waals surface area (Å²) in [6.07, 6.45) is 0. The third-order valence-electron chi connectivity index (χ3n) is 4.68. The number of aryl methyl sites for hydroxylation is 3. The molecule has 1 amide bonds. The van der Waals surface area contributed by atoms with E-state index in [1.54, 1.807) is 6.07 Å². The fourth-order valence-corrected chi connectivity index (χ4v) is 2.99. The van der Waals surface area contributed by atoms with Crippen LogP contribution in [0.4, 0.5) is 5.69 Å². The number of amides is 1. The second-order valence-corrected chi connectivity index (χ2v) is 7.13. The van der Waals surface area contributed by atoms with E-state index in [0.29, 0.717) is 18.8 Å². The average Bonchev–Trinajstić information content (AvgIpc) is 2.71. The number of benzene rings is 3. The molecule has 150 valence electrons. The van der Waals surface area contributed by atoms with Gasteiger partial charge < -0.3 is 14.8 Å². The lowest BCUT2D eigenvalue weighted by atomic mass is 10.1. The summed E-state index contributed by atoms with van der Waals surface area (Å²) in [5.41, 5.74) is 5.53. The first kappa shape index (κ1) is 20.5. The molecule has 0 aliphatic carbocycles. The van der Waals surface area contributed by atoms with Crippen LogP contribution in [0.5, 0.6) is 11.5 Å². The van der Waals surface area contributed by atoms with Crippen molar-refractivity contribution in [3.8, 4) is 11.5 Å². The molecule has 0 fully saturated rings. The highest BCUT2D eigenvalue weighted by Crippen LogP contribution is 2.24. The van der Waals surface area contributed by atoms with Crippen LogP contribution in [0, 0.1) is 20.8 Å². The molecule has 0 atom stereocenters. The zero-order chi connectivity index (χ0) is 20.8. The summed E-state index contributed by atoms with van der Waals surface area (Å²) < 4.78 is 11.6. The zero-order valence-electron chi connectivity index (χ0n) is 17.4. The summed E-state index contributed by atoms with van der Waals surface area (Å²) in [5, 5.41) is 3.01. The molecule has 0 saturated heterocycles. The topological polar surface area (TPSA) is 47.6 Å². The van der Waals surface area contributed by atoms with Gasteiger partial charge in [0.05, 0.1) is 6.61 Å². The van der Waals surface area contributed by atoms with Gasteiger partial charge in [0.1, 0.15) is 18.1 Å². The Morgan fingerprint density at radius 3 is 2.31 bits per heavy atom. The van der Waals surface area contributed by atoms with Gasteiger partial charge in [0.15, 0.2) is 0 Å². The number of nitrogens with one attached hydrogen (secondary N) is 1. The summed E-state index contributed by atoms with van der Waals surface area (Å²) in [7, 11) is 0. The van der Waals surface area contributed by atoms with Gasteiger partial charge in [-0.05, 0) is 75.2 Å². The predicted molar refractivity (Wildman–Crippen MR) is 117 cm³/mol. The van der Waals surface area contributed by atoms with Crippen LogP contribution in [0.2, 0.25) is 0 Å². The lowest BCUT2D eigenvalue weighted by Gasteiger charge is -2.14. The molecular weight excluding hydrogens is 362 g/mol. The Balaban J connectivity index is 1.80. The molecule has 0 heterocycles. The Bertz CT molecular complexity index is 993. The van der Waals surface area contributed by atoms with E-state index in [1.807, 2.05) is 82.3 Å². The number of anilines is 1. The molecule has 0 spiro atoms. The molecule has 0 aliphatic rings. The number of ether oxygens (including phenoxy) is 2. The molecular formula is C25H27NO3. The fraction of sp³-hybridized carbons (Fsp3) is 0.240. The SMILES string of the molecule is CCOc1ccc(C(=O)Nc2cc(C)ccc2C)cc1COc1ccc(C)cc1. The number of hydrogen-bond donors (Lipinski definition) is 1. The summed E-state index contributed by atoms with van der Waals surface area (Å²) in [6, 6.07) is 19.3. The molecule has 0 aromatic heterocycles. The van der Waals surface area contributed by atoms with E-state index in [9.17, 15) is 4.79 Å². The van der Waals surface area contributed by atoms with E-state index in [4.69, 9.17) is 9.47 Å². The van der Waals surface area contributed by atoms with Crippen LogP contribution in [-0.2, 0) is 6.61 Å². The van der Waals surface area contributed by atoms with E-state index in [-0.39, 0.29) is 5.91 Å². The lowest BCUT2D eigenvalue weighted by Crippen LogP contribution is -2.14. The first-order valence-corrected chi connectivity index (χ1v) is 9.80. The molecule has 3 aromatic carbocycles. The van der Waals surface area contributed by atoms with Gasteiger partial charge in [-0.1, -0.05) is 29.8 Å². The first-order chi connectivity index (χ1) is 14.0. The highest BCUT2D eigenvalue weighted by atomic mass is 16.5. The molecule has 3 rings (SSSR count). The van der Waals surface area contributed by atoms with Crippen molar-refractivity contribution in [1.29, 1.82) is 0 Å². The van der Waals surface area contributed by atoms with Crippen molar-refractivity contribution in [2.75, 3.05) is 11.9 Å². The smallest absolute Gasteiger partial charge is 0.255 e. The van der Waals surface area contributed by atoms with Crippen molar-refractivity contribution in [2.45, 2.75) is 34.3 Å². The van der Waals surface area contributed by atoms with Gasteiger partial charge in [0.25, 0.3) is 5.91 Å². The van der Waals surface area contributed by atoms with E-state index < -0.39 is 0 Å². The molecule has 1 N–H and O–H groups in total. The molecule has 0 aliphatic heterocycles. The largest absolute Gasteiger partial charge is 0.493 e. The van der Waals surface area contributed by atoms with E-state index in [1.165, 1.54) is 5.56 Å². The van der Waals surface area contributed by atoms with Crippen molar-refractivity contribution in [1.82, 2.24) is 0 Å². The summed E-state index contributed by atoms with van der Waals surface area (Å²) in [6.45, 7) is 8.83. The van der Waals surface area contributed by atoms with Crippen molar-refractivity contribution in [3.05, 3.63) is 88.5 Å². The minimum atomic E-state index is -0.154. The number of carbonyl (C=O) groups is 1. The molecule has 0 unspecified atom stereocenters. The summed E-state index contributed by atoms with van der Waals surface area (Å²) in [5.74, 6) is 1.35. The van der Waals surface area contributed by atoms with Crippen LogP contribution >= 0.6 is 0 Å². The van der Waals surface area contributed by atoms with Crippen LogP contribution in [0.25, 0.3) is 0 Å². The van der Waals surface area contributed by atoms with Crippen molar-refractivity contribution in [2.24, 2.45) is 0 Å². The van der Waals surface area contributed by atoms with Crippen LogP contribution in [-0.4, -0.2) is 12.5 Å².